The van der Waals surface area contributed by atoms with Gasteiger partial charge in [-0.25, -0.2) is 0 Å². The second kappa shape index (κ2) is 48.4. The van der Waals surface area contributed by atoms with Gasteiger partial charge in [-0.05, 0) is 89.9 Å². The second-order valence-corrected chi connectivity index (χ2v) is 15.6. The Morgan fingerprint density at radius 1 is 0.397 bits per heavy atom. The summed E-state index contributed by atoms with van der Waals surface area (Å²) >= 11 is 0. The van der Waals surface area contributed by atoms with Crippen LogP contribution in [0.15, 0.2) is 85.1 Å². The topological polar surface area (TPSA) is 61.8 Å². The average molecular weight is 807 g/mol. The molecule has 0 N–H and O–H groups in total. The number of carbonyl (C=O) groups excluding carboxylic acids is 2. The van der Waals surface area contributed by atoms with Gasteiger partial charge in [0.15, 0.2) is 6.10 Å². The SMILES string of the molecule is CC/C=C\C/C=C\C/C=C\C/C=C\CCCOCC(COC(=O)CCCCCCCC/C=C\C/C=C\C/C=C\CCCCC)OC(=O)CCCCCCCCCCC. The van der Waals surface area contributed by atoms with E-state index < -0.39 is 6.10 Å². The van der Waals surface area contributed by atoms with Crippen molar-refractivity contribution in [3.8, 4) is 0 Å². The van der Waals surface area contributed by atoms with Crippen LogP contribution in [0.4, 0.5) is 0 Å². The van der Waals surface area contributed by atoms with Gasteiger partial charge in [-0.15, -0.1) is 0 Å². The molecular formula is C53H90O5. The van der Waals surface area contributed by atoms with Crippen LogP contribution in [0.25, 0.3) is 0 Å². The van der Waals surface area contributed by atoms with Gasteiger partial charge < -0.3 is 14.2 Å². The predicted molar refractivity (Wildman–Crippen MR) is 251 cm³/mol. The molecular weight excluding hydrogens is 717 g/mol. The van der Waals surface area contributed by atoms with E-state index in [2.05, 4.69) is 106 Å². The Bertz CT molecular complexity index is 1090. The summed E-state index contributed by atoms with van der Waals surface area (Å²) in [4.78, 5) is 25.2. The molecule has 1 atom stereocenters. The van der Waals surface area contributed by atoms with Gasteiger partial charge in [-0.3, -0.25) is 9.59 Å². The second-order valence-electron chi connectivity index (χ2n) is 15.6. The van der Waals surface area contributed by atoms with Crippen LogP contribution in [0.5, 0.6) is 0 Å². The van der Waals surface area contributed by atoms with E-state index in [4.69, 9.17) is 14.2 Å². The molecule has 0 aromatic heterocycles. The van der Waals surface area contributed by atoms with Crippen LogP contribution >= 0.6 is 0 Å². The zero-order valence-electron chi connectivity index (χ0n) is 38.0. The van der Waals surface area contributed by atoms with E-state index in [1.807, 2.05) is 0 Å². The summed E-state index contributed by atoms with van der Waals surface area (Å²) in [5.41, 5.74) is 0. The van der Waals surface area contributed by atoms with Gasteiger partial charge in [0.2, 0.25) is 0 Å². The monoisotopic (exact) mass is 807 g/mol. The lowest BCUT2D eigenvalue weighted by Gasteiger charge is -2.18. The summed E-state index contributed by atoms with van der Waals surface area (Å²) in [6.45, 7) is 7.51. The number of hydrogen-bond donors (Lipinski definition) is 0. The van der Waals surface area contributed by atoms with Gasteiger partial charge in [0.1, 0.15) is 6.61 Å². The Labute approximate surface area is 359 Å². The first-order valence-electron chi connectivity index (χ1n) is 24.1. The molecule has 0 spiro atoms. The lowest BCUT2D eigenvalue weighted by atomic mass is 10.1. The van der Waals surface area contributed by atoms with Crippen molar-refractivity contribution in [1.82, 2.24) is 0 Å². The van der Waals surface area contributed by atoms with Crippen LogP contribution in [-0.2, 0) is 23.8 Å². The first-order valence-corrected chi connectivity index (χ1v) is 24.1. The van der Waals surface area contributed by atoms with E-state index in [1.165, 1.54) is 83.5 Å². The Hall–Kier alpha value is -2.92. The summed E-state index contributed by atoms with van der Waals surface area (Å²) in [5.74, 6) is -0.447. The van der Waals surface area contributed by atoms with Crippen molar-refractivity contribution in [3.05, 3.63) is 85.1 Å². The van der Waals surface area contributed by atoms with Crippen molar-refractivity contribution in [2.45, 2.75) is 219 Å². The molecule has 58 heavy (non-hydrogen) atoms. The molecule has 0 saturated heterocycles. The molecule has 0 rings (SSSR count). The first-order chi connectivity index (χ1) is 28.6. The summed E-state index contributed by atoms with van der Waals surface area (Å²) in [7, 11) is 0. The van der Waals surface area contributed by atoms with Crippen LogP contribution in [-0.4, -0.2) is 37.9 Å². The van der Waals surface area contributed by atoms with Crippen molar-refractivity contribution < 1.29 is 23.8 Å². The zero-order chi connectivity index (χ0) is 42.1. The number of esters is 2. The van der Waals surface area contributed by atoms with E-state index in [0.29, 0.717) is 19.4 Å². The fourth-order valence-electron chi connectivity index (χ4n) is 6.34. The standard InChI is InChI=1S/C53H90O5/c1-4-7-10-13-16-19-21-23-25-26-27-28-29-30-32-35-37-40-43-46-52(54)57-50-51(58-53(55)47-44-41-38-34-18-15-12-9-6-3)49-56-48-45-42-39-36-33-31-24-22-20-17-14-11-8-5-2/h8,11,16-17,19-20,23-25,27-28,31,36,39,51H,4-7,9-10,12-15,18,21-22,26,29-30,32-35,37-38,40-50H2,1-3H3/b11-8-,19-16-,20-17-,25-23-,28-27-,31-24-,39-36-. The Kier molecular flexibility index (Phi) is 46.0. The highest BCUT2D eigenvalue weighted by Crippen LogP contribution is 2.13. The molecule has 0 aromatic carbocycles. The number of rotatable bonds is 43. The molecule has 5 nitrogen and oxygen atoms in total. The highest BCUT2D eigenvalue weighted by atomic mass is 16.6. The van der Waals surface area contributed by atoms with E-state index in [0.717, 1.165) is 96.3 Å². The van der Waals surface area contributed by atoms with Crippen molar-refractivity contribution in [3.63, 3.8) is 0 Å². The maximum atomic E-state index is 12.7. The van der Waals surface area contributed by atoms with Crippen LogP contribution in [0.3, 0.4) is 0 Å². The quantitative estimate of drug-likeness (QED) is 0.0349. The van der Waals surface area contributed by atoms with Crippen LogP contribution in [0.2, 0.25) is 0 Å². The minimum atomic E-state index is -0.570. The smallest absolute Gasteiger partial charge is 0.306 e. The largest absolute Gasteiger partial charge is 0.462 e. The average Bonchev–Trinajstić information content (AvgIpc) is 3.22. The van der Waals surface area contributed by atoms with Crippen LogP contribution in [0, 0.1) is 0 Å². The highest BCUT2D eigenvalue weighted by Gasteiger charge is 2.17. The minimum absolute atomic E-state index is 0.0542. The fraction of sp³-hybridized carbons (Fsp3) is 0.698. The molecule has 0 aromatic rings. The summed E-state index contributed by atoms with van der Waals surface area (Å²) in [6.07, 6.45) is 63.1. The minimum Gasteiger partial charge on any atom is -0.462 e. The van der Waals surface area contributed by atoms with Crippen molar-refractivity contribution >= 4 is 11.9 Å². The maximum absolute atomic E-state index is 12.7. The number of unbranched alkanes of at least 4 members (excludes halogenated alkanes) is 18. The Morgan fingerprint density at radius 2 is 0.776 bits per heavy atom. The summed E-state index contributed by atoms with van der Waals surface area (Å²) in [6, 6.07) is 0. The third-order valence-electron chi connectivity index (χ3n) is 9.92. The molecule has 332 valence electrons. The van der Waals surface area contributed by atoms with E-state index in [9.17, 15) is 9.59 Å². The normalized spacial score (nSPS) is 12.9. The predicted octanol–water partition coefficient (Wildman–Crippen LogP) is 16.1. The number of hydrogen-bond acceptors (Lipinski definition) is 5. The third-order valence-corrected chi connectivity index (χ3v) is 9.92. The van der Waals surface area contributed by atoms with Gasteiger partial charge in [0.25, 0.3) is 0 Å². The van der Waals surface area contributed by atoms with E-state index in [-0.39, 0.29) is 25.2 Å². The molecule has 0 heterocycles. The molecule has 1 unspecified atom stereocenters. The van der Waals surface area contributed by atoms with Crippen LogP contribution in [0.1, 0.15) is 213 Å². The fourth-order valence-corrected chi connectivity index (χ4v) is 6.34. The third kappa shape index (κ3) is 45.8. The van der Waals surface area contributed by atoms with Crippen molar-refractivity contribution in [1.29, 1.82) is 0 Å². The van der Waals surface area contributed by atoms with Gasteiger partial charge in [0, 0.05) is 19.4 Å². The Balaban J connectivity index is 4.29. The van der Waals surface area contributed by atoms with Crippen molar-refractivity contribution in [2.75, 3.05) is 19.8 Å². The number of allylic oxidation sites excluding steroid dienone is 14. The first kappa shape index (κ1) is 55.1. The summed E-state index contributed by atoms with van der Waals surface area (Å²) < 4.78 is 17.2. The molecule has 0 radical (unpaired) electrons. The Morgan fingerprint density at radius 3 is 1.28 bits per heavy atom. The lowest BCUT2D eigenvalue weighted by molar-refractivity contribution is -0.163. The molecule has 0 aliphatic carbocycles. The van der Waals surface area contributed by atoms with E-state index >= 15 is 0 Å². The molecule has 0 aliphatic rings. The van der Waals surface area contributed by atoms with E-state index in [1.54, 1.807) is 0 Å². The molecule has 5 heteroatoms. The summed E-state index contributed by atoms with van der Waals surface area (Å²) in [5, 5.41) is 0. The zero-order valence-corrected chi connectivity index (χ0v) is 38.0. The molecule has 0 bridgehead atoms. The van der Waals surface area contributed by atoms with Gasteiger partial charge >= 0.3 is 11.9 Å². The van der Waals surface area contributed by atoms with Gasteiger partial charge in [0.05, 0.1) is 6.61 Å². The molecule has 0 saturated carbocycles. The molecule has 0 aliphatic heterocycles. The number of carbonyl (C=O) groups is 2. The number of ether oxygens (including phenoxy) is 3. The molecule has 0 fully saturated rings. The van der Waals surface area contributed by atoms with Crippen molar-refractivity contribution in [2.24, 2.45) is 0 Å². The maximum Gasteiger partial charge on any atom is 0.306 e. The lowest BCUT2D eigenvalue weighted by Crippen LogP contribution is -2.30. The van der Waals surface area contributed by atoms with Gasteiger partial charge in [-0.2, -0.15) is 0 Å². The highest BCUT2D eigenvalue weighted by molar-refractivity contribution is 5.70. The van der Waals surface area contributed by atoms with Gasteiger partial charge in [-0.1, -0.05) is 196 Å². The van der Waals surface area contributed by atoms with Crippen LogP contribution < -0.4 is 0 Å². The molecule has 0 amide bonds.